The molecule has 36 heavy (non-hydrogen) atoms. The van der Waals surface area contributed by atoms with Crippen molar-refractivity contribution in [1.29, 1.82) is 0 Å². The molecule has 0 saturated carbocycles. The van der Waals surface area contributed by atoms with Gasteiger partial charge in [0.1, 0.15) is 11.9 Å². The molecule has 186 valence electrons. The van der Waals surface area contributed by atoms with Crippen LogP contribution in [0, 0.1) is 12.8 Å². The van der Waals surface area contributed by atoms with E-state index in [2.05, 4.69) is 46.5 Å². The number of nitrogens with one attached hydrogen (secondary N) is 2. The summed E-state index contributed by atoms with van der Waals surface area (Å²) in [6, 6.07) is 19.1. The van der Waals surface area contributed by atoms with Gasteiger partial charge < -0.3 is 10.1 Å². The molecule has 1 fully saturated rings. The van der Waals surface area contributed by atoms with E-state index in [1.54, 1.807) is 24.3 Å². The highest BCUT2D eigenvalue weighted by Crippen LogP contribution is 2.50. The average molecular weight is 539 g/mol. The second kappa shape index (κ2) is 9.36. The van der Waals surface area contributed by atoms with E-state index in [9.17, 15) is 8.42 Å². The van der Waals surface area contributed by atoms with Crippen molar-refractivity contribution in [2.24, 2.45) is 5.92 Å². The maximum absolute atomic E-state index is 13.3. The molecule has 2 N–H and O–H groups in total. The van der Waals surface area contributed by atoms with Crippen LogP contribution in [0.1, 0.15) is 35.1 Å². The van der Waals surface area contributed by atoms with Crippen molar-refractivity contribution in [3.63, 3.8) is 0 Å². The highest BCUT2D eigenvalue weighted by Gasteiger charge is 2.38. The van der Waals surface area contributed by atoms with Crippen molar-refractivity contribution in [2.75, 3.05) is 21.5 Å². The van der Waals surface area contributed by atoms with Crippen LogP contribution in [-0.4, -0.2) is 26.0 Å². The molecule has 2 aliphatic heterocycles. The summed E-state index contributed by atoms with van der Waals surface area (Å²) in [7, 11) is -3.77. The number of ether oxygens (including phenoxy) is 1. The fraction of sp³-hybridized carbons (Fsp3) is 0.286. The van der Waals surface area contributed by atoms with Crippen LogP contribution in [-0.2, 0) is 10.0 Å². The number of sulfonamides is 1. The summed E-state index contributed by atoms with van der Waals surface area (Å²) in [5, 5.41) is 4.18. The minimum Gasteiger partial charge on any atom is -0.489 e. The SMILES string of the molecule is Cc1ccc(Cl)cc1NS(=O)(=O)c1ccc2c(c1)[C@H]1C=CC[C@H]1[C@@H](c1ccc(OC3CSC3)cc1)N2. The molecular weight excluding hydrogens is 512 g/mol. The van der Waals surface area contributed by atoms with Gasteiger partial charge in [-0.15, -0.1) is 0 Å². The minimum absolute atomic E-state index is 0.139. The molecule has 8 heteroatoms. The standard InChI is InChI=1S/C28H27ClN2O3S2/c1-17-5-8-19(29)13-27(17)31-36(32,33)22-11-12-26-25(14-22)23-3-2-4-24(23)28(30-26)18-6-9-20(10-7-18)34-21-15-35-16-21/h2-3,5-14,21,23-24,28,30-31H,4,15-16H2,1H3/t23-,24+,28+/m0/s1. The van der Waals surface area contributed by atoms with Gasteiger partial charge in [0.2, 0.25) is 0 Å². The molecule has 3 aromatic carbocycles. The first kappa shape index (κ1) is 23.8. The summed E-state index contributed by atoms with van der Waals surface area (Å²) < 4.78 is 35.2. The average Bonchev–Trinajstić information content (AvgIpc) is 3.34. The molecule has 3 atom stereocenters. The topological polar surface area (TPSA) is 67.4 Å². The molecule has 3 aromatic rings. The highest BCUT2D eigenvalue weighted by molar-refractivity contribution is 8.00. The summed E-state index contributed by atoms with van der Waals surface area (Å²) in [6.45, 7) is 1.85. The largest absolute Gasteiger partial charge is 0.489 e. The molecule has 1 aliphatic carbocycles. The van der Waals surface area contributed by atoms with Crippen molar-refractivity contribution < 1.29 is 13.2 Å². The molecule has 3 aliphatic rings. The number of benzene rings is 3. The summed E-state index contributed by atoms with van der Waals surface area (Å²) in [4.78, 5) is 0.246. The fourth-order valence-corrected chi connectivity index (χ4v) is 7.10. The molecule has 2 heterocycles. The summed E-state index contributed by atoms with van der Waals surface area (Å²) >= 11 is 8.00. The van der Waals surface area contributed by atoms with Gasteiger partial charge in [-0.25, -0.2) is 8.42 Å². The van der Waals surface area contributed by atoms with Gasteiger partial charge in [-0.05, 0) is 78.4 Å². The number of aryl methyl sites for hydroxylation is 1. The van der Waals surface area contributed by atoms with Gasteiger partial charge in [0.05, 0.1) is 16.6 Å². The van der Waals surface area contributed by atoms with Crippen molar-refractivity contribution in [2.45, 2.75) is 36.3 Å². The number of hydrogen-bond acceptors (Lipinski definition) is 5. The third-order valence-corrected chi connectivity index (χ3v) is 10.1. The van der Waals surface area contributed by atoms with E-state index in [-0.39, 0.29) is 16.9 Å². The first-order valence-electron chi connectivity index (χ1n) is 12.1. The molecule has 0 aromatic heterocycles. The zero-order valence-electron chi connectivity index (χ0n) is 19.8. The van der Waals surface area contributed by atoms with Crippen molar-refractivity contribution >= 4 is 44.8 Å². The lowest BCUT2D eigenvalue weighted by molar-refractivity contribution is 0.240. The number of rotatable bonds is 6. The van der Waals surface area contributed by atoms with Crippen molar-refractivity contribution in [1.82, 2.24) is 0 Å². The molecule has 1 saturated heterocycles. The Hall–Kier alpha value is -2.61. The van der Waals surface area contributed by atoms with E-state index < -0.39 is 10.0 Å². The van der Waals surface area contributed by atoms with Crippen LogP contribution in [0.5, 0.6) is 5.75 Å². The van der Waals surface area contributed by atoms with Crippen LogP contribution >= 0.6 is 23.4 Å². The Labute approximate surface area is 221 Å². The smallest absolute Gasteiger partial charge is 0.261 e. The third-order valence-electron chi connectivity index (χ3n) is 7.24. The first-order chi connectivity index (χ1) is 17.4. The molecule has 0 radical (unpaired) electrons. The second-order valence-corrected chi connectivity index (χ2v) is 12.8. The van der Waals surface area contributed by atoms with E-state index in [4.69, 9.17) is 16.3 Å². The van der Waals surface area contributed by atoms with Crippen LogP contribution in [0.25, 0.3) is 0 Å². The Balaban J connectivity index is 1.27. The van der Waals surface area contributed by atoms with Gasteiger partial charge >= 0.3 is 0 Å². The van der Waals surface area contributed by atoms with Crippen molar-refractivity contribution in [3.8, 4) is 5.75 Å². The van der Waals surface area contributed by atoms with Crippen LogP contribution in [0.3, 0.4) is 0 Å². The molecule has 6 rings (SSSR count). The number of anilines is 2. The number of halogens is 1. The van der Waals surface area contributed by atoms with Gasteiger partial charge in [-0.1, -0.05) is 42.0 Å². The number of fused-ring (bicyclic) bond motifs is 3. The lowest BCUT2D eigenvalue weighted by Crippen LogP contribution is -2.31. The highest BCUT2D eigenvalue weighted by atomic mass is 35.5. The molecule has 5 nitrogen and oxygen atoms in total. The normalized spacial score (nSPS) is 22.8. The molecule has 0 amide bonds. The van der Waals surface area contributed by atoms with Gasteiger partial charge in [0.15, 0.2) is 0 Å². The fourth-order valence-electron chi connectivity index (χ4n) is 5.21. The van der Waals surface area contributed by atoms with Gasteiger partial charge in [0, 0.05) is 28.1 Å². The zero-order valence-corrected chi connectivity index (χ0v) is 22.2. The Kier molecular flexibility index (Phi) is 6.18. The van der Waals surface area contributed by atoms with Crippen LogP contribution in [0.2, 0.25) is 5.02 Å². The molecule has 0 spiro atoms. The van der Waals surface area contributed by atoms with E-state index in [0.29, 0.717) is 22.7 Å². The Morgan fingerprint density at radius 1 is 1.06 bits per heavy atom. The second-order valence-electron chi connectivity index (χ2n) is 9.64. The Bertz CT molecular complexity index is 1440. The van der Waals surface area contributed by atoms with Crippen LogP contribution in [0.4, 0.5) is 11.4 Å². The van der Waals surface area contributed by atoms with E-state index in [1.165, 1.54) is 5.56 Å². The maximum atomic E-state index is 13.3. The maximum Gasteiger partial charge on any atom is 0.261 e. The zero-order chi connectivity index (χ0) is 24.9. The van der Waals surface area contributed by atoms with Gasteiger partial charge in [0.25, 0.3) is 10.0 Å². The predicted molar refractivity (Wildman–Crippen MR) is 148 cm³/mol. The van der Waals surface area contributed by atoms with Crippen molar-refractivity contribution in [3.05, 3.63) is 94.5 Å². The monoisotopic (exact) mass is 538 g/mol. The van der Waals surface area contributed by atoms with E-state index in [0.717, 1.165) is 40.5 Å². The molecule has 0 bridgehead atoms. The number of hydrogen-bond donors (Lipinski definition) is 2. The minimum atomic E-state index is -3.77. The van der Waals surface area contributed by atoms with Gasteiger partial charge in [-0.2, -0.15) is 11.8 Å². The molecular formula is C28H27ClN2O3S2. The quantitative estimate of drug-likeness (QED) is 0.339. The predicted octanol–water partition coefficient (Wildman–Crippen LogP) is 6.77. The third kappa shape index (κ3) is 4.49. The van der Waals surface area contributed by atoms with E-state index >= 15 is 0 Å². The summed E-state index contributed by atoms with van der Waals surface area (Å²) in [5.74, 6) is 3.50. The molecule has 0 unspecified atom stereocenters. The summed E-state index contributed by atoms with van der Waals surface area (Å²) in [5.41, 5.74) is 4.49. The van der Waals surface area contributed by atoms with Gasteiger partial charge in [-0.3, -0.25) is 4.72 Å². The lowest BCUT2D eigenvalue weighted by atomic mass is 9.77. The number of allylic oxidation sites excluding steroid dienone is 2. The Morgan fingerprint density at radius 3 is 2.61 bits per heavy atom. The number of thioether (sulfide) groups is 1. The Morgan fingerprint density at radius 2 is 1.86 bits per heavy atom. The van der Waals surface area contributed by atoms with Crippen LogP contribution in [0.15, 0.2) is 77.7 Å². The van der Waals surface area contributed by atoms with E-state index in [1.807, 2.05) is 30.8 Å². The summed E-state index contributed by atoms with van der Waals surface area (Å²) in [6.07, 6.45) is 5.69. The lowest BCUT2D eigenvalue weighted by Gasteiger charge is -2.38. The first-order valence-corrected chi connectivity index (χ1v) is 15.1. The van der Waals surface area contributed by atoms with Crippen LogP contribution < -0.4 is 14.8 Å².